The van der Waals surface area contributed by atoms with Crippen LogP contribution in [0.25, 0.3) is 0 Å². The lowest BCUT2D eigenvalue weighted by Gasteiger charge is -1.63. The van der Waals surface area contributed by atoms with E-state index in [9.17, 15) is 4.79 Å². The van der Waals surface area contributed by atoms with Gasteiger partial charge in [0.15, 0.2) is 0 Å². The predicted octanol–water partition coefficient (Wildman–Crippen LogP) is 0.0943. The molecule has 0 amide bonds. The van der Waals surface area contributed by atoms with Crippen LogP contribution in [-0.4, -0.2) is 11.1 Å². The van der Waals surface area contributed by atoms with E-state index in [1.54, 1.807) is 5.92 Å². The number of carboxylic acid groups (broad SMARTS) is 1. The molecule has 2 heteroatoms. The average molecular weight is 85.1 g/mol. The van der Waals surface area contributed by atoms with Crippen molar-refractivity contribution in [3.05, 3.63) is 0 Å². The number of rotatable bonds is 0. The van der Waals surface area contributed by atoms with Crippen LogP contribution >= 0.6 is 0 Å². The minimum atomic E-state index is -1.17. The Bertz CT molecular complexity index is 119. The first-order valence-electron chi connectivity index (χ1n) is 1.99. The van der Waals surface area contributed by atoms with E-state index in [1.807, 2.05) is 0 Å². The van der Waals surface area contributed by atoms with E-state index in [-0.39, 0.29) is 6.90 Å². The van der Waals surface area contributed by atoms with Crippen LogP contribution in [0, 0.1) is 11.8 Å². The highest BCUT2D eigenvalue weighted by atomic mass is 16.4. The molecule has 6 heavy (non-hydrogen) atoms. The van der Waals surface area contributed by atoms with Crippen molar-refractivity contribution in [1.29, 1.82) is 0 Å². The third-order valence-electron chi connectivity index (χ3n) is 0.195. The molecule has 0 atom stereocenters. The van der Waals surface area contributed by atoms with Gasteiger partial charge in [0, 0.05) is 7.29 Å². The maximum absolute atomic E-state index is 9.50. The number of hydrogen-bond acceptors (Lipinski definition) is 1. The van der Waals surface area contributed by atoms with Crippen LogP contribution in [0.15, 0.2) is 0 Å². The maximum atomic E-state index is 9.50. The zero-order chi connectivity index (χ0) is 5.70. The number of aliphatic carboxylic acids is 1. The van der Waals surface area contributed by atoms with Crippen LogP contribution in [0.3, 0.4) is 0 Å². The van der Waals surface area contributed by atoms with Gasteiger partial charge in [0.05, 0.1) is 0 Å². The molecule has 0 aromatic carbocycles. The molecule has 0 aromatic rings. The first-order valence-corrected chi connectivity index (χ1v) is 1.28. The standard InChI is InChI=1S/C4H4O2/c1-2-3-4(5)6/h1H3,(H,5,6)/i1D. The normalized spacial score (nSPS) is 7.67. The summed E-state index contributed by atoms with van der Waals surface area (Å²) >= 11 is 0. The minimum absolute atomic E-state index is 0.147. The fourth-order valence-corrected chi connectivity index (χ4v) is 0.0756. The molecular formula is C4H4O2. The summed E-state index contributed by atoms with van der Waals surface area (Å²) in [6.45, 7) is -0.147. The average Bonchev–Trinajstić information content (AvgIpc) is 1.61. The Morgan fingerprint density at radius 2 is 2.83 bits per heavy atom. The molecule has 0 fully saturated rings. The zero-order valence-corrected chi connectivity index (χ0v) is 3.06. The Labute approximate surface area is 37.2 Å². The van der Waals surface area contributed by atoms with Gasteiger partial charge in [-0.15, -0.1) is 0 Å². The van der Waals surface area contributed by atoms with Gasteiger partial charge in [0.25, 0.3) is 0 Å². The smallest absolute Gasteiger partial charge is 0.381 e. The molecule has 0 aliphatic heterocycles. The summed E-state index contributed by atoms with van der Waals surface area (Å²) < 4.78 is 6.36. The van der Waals surface area contributed by atoms with Crippen molar-refractivity contribution in [1.82, 2.24) is 0 Å². The van der Waals surface area contributed by atoms with Gasteiger partial charge in [-0.05, 0) is 6.90 Å². The van der Waals surface area contributed by atoms with Crippen LogP contribution < -0.4 is 0 Å². The van der Waals surface area contributed by atoms with Crippen molar-refractivity contribution < 1.29 is 11.3 Å². The van der Waals surface area contributed by atoms with Crippen LogP contribution in [0.4, 0.5) is 0 Å². The second-order valence-corrected chi connectivity index (χ2v) is 0.607. The fourth-order valence-electron chi connectivity index (χ4n) is 0.0756. The van der Waals surface area contributed by atoms with Crippen molar-refractivity contribution in [3.63, 3.8) is 0 Å². The minimum Gasteiger partial charge on any atom is -0.472 e. The molecule has 0 aromatic heterocycles. The Morgan fingerprint density at radius 1 is 2.17 bits per heavy atom. The molecule has 0 spiro atoms. The van der Waals surface area contributed by atoms with Crippen molar-refractivity contribution in [2.45, 2.75) is 6.90 Å². The predicted molar refractivity (Wildman–Crippen MR) is 21.1 cm³/mol. The highest BCUT2D eigenvalue weighted by Crippen LogP contribution is 1.51. The highest BCUT2D eigenvalue weighted by Gasteiger charge is 1.76. The van der Waals surface area contributed by atoms with Crippen molar-refractivity contribution in [2.24, 2.45) is 0 Å². The first kappa shape index (κ1) is 3.23. The molecule has 1 N–H and O–H groups in total. The van der Waals surface area contributed by atoms with Gasteiger partial charge in [0.1, 0.15) is 0 Å². The summed E-state index contributed by atoms with van der Waals surface area (Å²) in [7, 11) is 0. The molecule has 0 aliphatic rings. The summed E-state index contributed by atoms with van der Waals surface area (Å²) in [6, 6.07) is 0. The van der Waals surface area contributed by atoms with Gasteiger partial charge >= 0.3 is 5.97 Å². The van der Waals surface area contributed by atoms with Gasteiger partial charge in [0.2, 0.25) is 0 Å². The first-order chi connectivity index (χ1) is 3.27. The van der Waals surface area contributed by atoms with E-state index < -0.39 is 5.97 Å². The van der Waals surface area contributed by atoms with Gasteiger partial charge < -0.3 is 5.11 Å². The van der Waals surface area contributed by atoms with Gasteiger partial charge in [-0.2, -0.15) is 0 Å². The third-order valence-corrected chi connectivity index (χ3v) is 0.195. The molecule has 0 saturated heterocycles. The zero-order valence-electron chi connectivity index (χ0n) is 4.06. The SMILES string of the molecule is [2H]CC#CC(=O)O. The van der Waals surface area contributed by atoms with Gasteiger partial charge in [-0.25, -0.2) is 4.79 Å². The topological polar surface area (TPSA) is 37.3 Å². The van der Waals surface area contributed by atoms with Crippen molar-refractivity contribution >= 4 is 5.97 Å². The summed E-state index contributed by atoms with van der Waals surface area (Å²) in [4.78, 5) is 9.50. The molecule has 0 heterocycles. The Kier molecular flexibility index (Phi) is 1.23. The molecule has 0 rings (SSSR count). The lowest BCUT2D eigenvalue weighted by atomic mass is 10.6. The molecule has 0 saturated carbocycles. The van der Waals surface area contributed by atoms with Crippen molar-refractivity contribution in [3.8, 4) is 11.8 Å². The summed E-state index contributed by atoms with van der Waals surface area (Å²) in [6.07, 6.45) is 0. The largest absolute Gasteiger partial charge is 0.472 e. The molecule has 0 radical (unpaired) electrons. The van der Waals surface area contributed by atoms with Crippen LogP contribution in [-0.2, 0) is 4.79 Å². The quantitative estimate of drug-likeness (QED) is 0.423. The van der Waals surface area contributed by atoms with E-state index in [1.165, 1.54) is 0 Å². The van der Waals surface area contributed by atoms with E-state index in [0.29, 0.717) is 0 Å². The molecular weight excluding hydrogens is 80.0 g/mol. The third kappa shape index (κ3) is 3.03. The van der Waals surface area contributed by atoms with E-state index in [4.69, 9.17) is 6.48 Å². The van der Waals surface area contributed by atoms with Gasteiger partial charge in [-0.1, -0.05) is 5.92 Å². The van der Waals surface area contributed by atoms with Crippen LogP contribution in [0.1, 0.15) is 8.27 Å². The number of carboxylic acids is 1. The van der Waals surface area contributed by atoms with E-state index in [2.05, 4.69) is 5.92 Å². The Morgan fingerprint density at radius 3 is 3.00 bits per heavy atom. The lowest BCUT2D eigenvalue weighted by Crippen LogP contribution is -1.84. The molecule has 2 nitrogen and oxygen atoms in total. The monoisotopic (exact) mass is 85.0 g/mol. The second kappa shape index (κ2) is 2.28. The number of hydrogen-bond donors (Lipinski definition) is 1. The van der Waals surface area contributed by atoms with Crippen LogP contribution in [0.5, 0.6) is 0 Å². The molecule has 0 aliphatic carbocycles. The Balaban J connectivity index is 3.45. The van der Waals surface area contributed by atoms with Gasteiger partial charge in [-0.3, -0.25) is 0 Å². The molecule has 0 bridgehead atoms. The summed E-state index contributed by atoms with van der Waals surface area (Å²) in [5.74, 6) is 2.67. The molecule has 32 valence electrons. The number of carbonyl (C=O) groups is 1. The second-order valence-electron chi connectivity index (χ2n) is 0.607. The summed E-state index contributed by atoms with van der Waals surface area (Å²) in [5.41, 5.74) is 0. The van der Waals surface area contributed by atoms with E-state index in [0.717, 1.165) is 0 Å². The van der Waals surface area contributed by atoms with E-state index >= 15 is 0 Å². The Hall–Kier alpha value is -0.970. The highest BCUT2D eigenvalue weighted by molar-refractivity contribution is 5.86. The lowest BCUT2D eigenvalue weighted by molar-refractivity contribution is -0.130. The fraction of sp³-hybridized carbons (Fsp3) is 0.250. The van der Waals surface area contributed by atoms with Crippen LogP contribution in [0.2, 0.25) is 0 Å². The molecule has 0 unspecified atom stereocenters. The van der Waals surface area contributed by atoms with Crippen molar-refractivity contribution in [2.75, 3.05) is 0 Å². The maximum Gasteiger partial charge on any atom is 0.381 e. The summed E-state index contributed by atoms with van der Waals surface area (Å²) in [5, 5.41) is 7.79.